The zero-order valence-electron chi connectivity index (χ0n) is 15.4. The lowest BCUT2D eigenvalue weighted by molar-refractivity contribution is 0.367. The van der Waals surface area contributed by atoms with Crippen LogP contribution in [0.3, 0.4) is 0 Å². The SMILES string of the molecule is O=S(=O)(Nc1ccn(Cc2c(F)c(F)c(F)c(F)c2F)n1)c1ccc2ccccc2c1. The monoisotopic (exact) mass is 453 g/mol. The third-order valence-corrected chi connectivity index (χ3v) is 5.88. The molecule has 0 saturated heterocycles. The number of halogens is 5. The standard InChI is InChI=1S/C20H12F5N3O2S/c21-16-14(17(22)19(24)20(25)18(16)23)10-28-8-7-15(26-28)27-31(29,30)13-6-5-11-3-1-2-4-12(11)9-13/h1-9H,10H2,(H,26,27). The fraction of sp³-hybridized carbons (Fsp3) is 0.0500. The summed E-state index contributed by atoms with van der Waals surface area (Å²) < 4.78 is 95.8. The minimum atomic E-state index is -4.04. The Balaban J connectivity index is 1.59. The van der Waals surface area contributed by atoms with Gasteiger partial charge in [0.05, 0.1) is 17.0 Å². The number of anilines is 1. The normalized spacial score (nSPS) is 11.8. The first-order chi connectivity index (χ1) is 14.7. The van der Waals surface area contributed by atoms with E-state index in [4.69, 9.17) is 0 Å². The van der Waals surface area contributed by atoms with E-state index in [1.165, 1.54) is 18.2 Å². The number of nitrogens with one attached hydrogen (secondary N) is 1. The highest BCUT2D eigenvalue weighted by molar-refractivity contribution is 7.92. The second-order valence-corrected chi connectivity index (χ2v) is 8.24. The molecule has 11 heteroatoms. The van der Waals surface area contributed by atoms with Crippen molar-refractivity contribution in [3.8, 4) is 0 Å². The molecule has 160 valence electrons. The van der Waals surface area contributed by atoms with Crippen molar-refractivity contribution in [2.24, 2.45) is 0 Å². The van der Waals surface area contributed by atoms with Crippen LogP contribution < -0.4 is 4.72 Å². The predicted octanol–water partition coefficient (Wildman–Crippen LogP) is 4.58. The van der Waals surface area contributed by atoms with E-state index in [2.05, 4.69) is 9.82 Å². The van der Waals surface area contributed by atoms with Crippen molar-refractivity contribution in [3.05, 3.63) is 89.4 Å². The van der Waals surface area contributed by atoms with Gasteiger partial charge in [-0.05, 0) is 22.9 Å². The molecule has 1 aromatic heterocycles. The Kier molecular flexibility index (Phi) is 5.13. The van der Waals surface area contributed by atoms with Crippen LogP contribution in [0.1, 0.15) is 5.56 Å². The number of hydrogen-bond donors (Lipinski definition) is 1. The minimum Gasteiger partial charge on any atom is -0.266 e. The highest BCUT2D eigenvalue weighted by atomic mass is 32.2. The number of sulfonamides is 1. The summed E-state index contributed by atoms with van der Waals surface area (Å²) in [5.74, 6) is -10.6. The Morgan fingerprint density at radius 2 is 1.42 bits per heavy atom. The summed E-state index contributed by atoms with van der Waals surface area (Å²) in [4.78, 5) is -0.0412. The number of aromatic nitrogens is 2. The lowest BCUT2D eigenvalue weighted by Gasteiger charge is -2.09. The van der Waals surface area contributed by atoms with Gasteiger partial charge >= 0.3 is 0 Å². The topological polar surface area (TPSA) is 64.0 Å². The quantitative estimate of drug-likeness (QED) is 0.273. The van der Waals surface area contributed by atoms with Crippen LogP contribution in [0.15, 0.2) is 59.6 Å². The van der Waals surface area contributed by atoms with Crippen LogP contribution in [0, 0.1) is 29.1 Å². The van der Waals surface area contributed by atoms with E-state index < -0.39 is 51.2 Å². The Bertz CT molecular complexity index is 1390. The van der Waals surface area contributed by atoms with Gasteiger partial charge in [-0.25, -0.2) is 30.4 Å². The molecular weight excluding hydrogens is 441 g/mol. The van der Waals surface area contributed by atoms with E-state index in [9.17, 15) is 30.4 Å². The first kappa shape index (κ1) is 20.8. The van der Waals surface area contributed by atoms with Crippen LogP contribution in [-0.2, 0) is 16.6 Å². The number of hydrogen-bond acceptors (Lipinski definition) is 3. The molecule has 1 N–H and O–H groups in total. The molecule has 0 bridgehead atoms. The molecule has 0 unspecified atom stereocenters. The fourth-order valence-electron chi connectivity index (χ4n) is 2.99. The zero-order valence-corrected chi connectivity index (χ0v) is 16.2. The third kappa shape index (κ3) is 3.83. The van der Waals surface area contributed by atoms with E-state index >= 15 is 0 Å². The first-order valence-electron chi connectivity index (χ1n) is 8.73. The number of benzene rings is 3. The second-order valence-electron chi connectivity index (χ2n) is 6.56. The van der Waals surface area contributed by atoms with Gasteiger partial charge in [0.25, 0.3) is 10.0 Å². The molecule has 0 aliphatic rings. The number of rotatable bonds is 5. The van der Waals surface area contributed by atoms with Crippen LogP contribution in [0.2, 0.25) is 0 Å². The lowest BCUT2D eigenvalue weighted by atomic mass is 10.1. The van der Waals surface area contributed by atoms with Crippen LogP contribution in [-0.4, -0.2) is 18.2 Å². The van der Waals surface area contributed by atoms with Gasteiger partial charge in [-0.2, -0.15) is 5.10 Å². The summed E-state index contributed by atoms with van der Waals surface area (Å²) in [5.41, 5.74) is -1.09. The summed E-state index contributed by atoms with van der Waals surface area (Å²) in [7, 11) is -4.04. The Morgan fingerprint density at radius 1 is 0.806 bits per heavy atom. The average molecular weight is 453 g/mol. The van der Waals surface area contributed by atoms with Crippen molar-refractivity contribution >= 4 is 26.6 Å². The first-order valence-corrected chi connectivity index (χ1v) is 10.2. The van der Waals surface area contributed by atoms with Gasteiger partial charge in [0.2, 0.25) is 5.82 Å². The summed E-state index contributed by atoms with van der Waals surface area (Å²) in [6, 6.07) is 12.8. The van der Waals surface area contributed by atoms with Crippen LogP contribution in [0.5, 0.6) is 0 Å². The summed E-state index contributed by atoms with van der Waals surface area (Å²) in [6.07, 6.45) is 1.14. The molecule has 0 atom stereocenters. The molecule has 0 fully saturated rings. The van der Waals surface area contributed by atoms with Crippen molar-refractivity contribution in [2.75, 3.05) is 4.72 Å². The molecule has 4 rings (SSSR count). The lowest BCUT2D eigenvalue weighted by Crippen LogP contribution is -2.14. The molecule has 0 amide bonds. The van der Waals surface area contributed by atoms with Crippen molar-refractivity contribution in [1.82, 2.24) is 9.78 Å². The summed E-state index contributed by atoms with van der Waals surface area (Å²) in [6.45, 7) is -0.802. The van der Waals surface area contributed by atoms with Crippen molar-refractivity contribution in [1.29, 1.82) is 0 Å². The smallest absolute Gasteiger partial charge is 0.263 e. The minimum absolute atomic E-state index is 0.0412. The molecule has 0 radical (unpaired) electrons. The highest BCUT2D eigenvalue weighted by Gasteiger charge is 2.26. The molecule has 0 aliphatic carbocycles. The predicted molar refractivity (Wildman–Crippen MR) is 102 cm³/mol. The van der Waals surface area contributed by atoms with Crippen molar-refractivity contribution in [3.63, 3.8) is 0 Å². The van der Waals surface area contributed by atoms with Gasteiger partial charge in [-0.1, -0.05) is 30.3 Å². The molecule has 0 saturated carbocycles. The van der Waals surface area contributed by atoms with E-state index in [0.29, 0.717) is 5.39 Å². The van der Waals surface area contributed by atoms with E-state index in [1.807, 2.05) is 12.1 Å². The highest BCUT2D eigenvalue weighted by Crippen LogP contribution is 2.24. The third-order valence-electron chi connectivity index (χ3n) is 4.53. The van der Waals surface area contributed by atoms with Gasteiger partial charge in [0.15, 0.2) is 29.1 Å². The Morgan fingerprint density at radius 3 is 2.10 bits per heavy atom. The molecule has 5 nitrogen and oxygen atoms in total. The summed E-state index contributed by atoms with van der Waals surface area (Å²) >= 11 is 0. The van der Waals surface area contributed by atoms with Crippen LogP contribution >= 0.6 is 0 Å². The molecule has 4 aromatic rings. The van der Waals surface area contributed by atoms with Crippen molar-refractivity contribution in [2.45, 2.75) is 11.4 Å². The molecule has 1 heterocycles. The Labute approximate surface area is 172 Å². The molecule has 3 aromatic carbocycles. The van der Waals surface area contributed by atoms with Gasteiger partial charge in [0, 0.05) is 12.3 Å². The van der Waals surface area contributed by atoms with E-state index in [0.717, 1.165) is 16.3 Å². The average Bonchev–Trinajstić information content (AvgIpc) is 3.19. The Hall–Kier alpha value is -3.47. The van der Waals surface area contributed by atoms with Gasteiger partial charge in [-0.15, -0.1) is 0 Å². The number of nitrogens with zero attached hydrogens (tertiary/aromatic N) is 2. The zero-order chi connectivity index (χ0) is 22.3. The maximum Gasteiger partial charge on any atom is 0.263 e. The van der Waals surface area contributed by atoms with Crippen LogP contribution in [0.4, 0.5) is 27.8 Å². The van der Waals surface area contributed by atoms with E-state index in [1.54, 1.807) is 18.2 Å². The maximum atomic E-state index is 13.8. The van der Waals surface area contributed by atoms with Crippen LogP contribution in [0.25, 0.3) is 10.8 Å². The van der Waals surface area contributed by atoms with Gasteiger partial charge in [0.1, 0.15) is 0 Å². The van der Waals surface area contributed by atoms with E-state index in [-0.39, 0.29) is 10.7 Å². The molecule has 31 heavy (non-hydrogen) atoms. The molecular formula is C20H12F5N3O2S. The summed E-state index contributed by atoms with van der Waals surface area (Å²) in [5, 5.41) is 5.33. The second kappa shape index (κ2) is 7.65. The fourth-order valence-corrected chi connectivity index (χ4v) is 4.02. The molecule has 0 aliphatic heterocycles. The molecule has 0 spiro atoms. The largest absolute Gasteiger partial charge is 0.266 e. The van der Waals surface area contributed by atoms with Gasteiger partial charge < -0.3 is 0 Å². The number of fused-ring (bicyclic) bond motifs is 1. The van der Waals surface area contributed by atoms with Gasteiger partial charge in [-0.3, -0.25) is 9.40 Å². The van der Waals surface area contributed by atoms with Crippen molar-refractivity contribution < 1.29 is 30.4 Å². The maximum absolute atomic E-state index is 13.8.